The average Bonchev–Trinajstić information content (AvgIpc) is 2.41. The SMILES string of the molecule is C/C(=C\CC/C(C)=C/CN[C@@H](CCC(=O)O)C(=O)O)CO. The zero-order valence-electron chi connectivity index (χ0n) is 12.6. The third-order valence-corrected chi connectivity index (χ3v) is 3.04. The molecule has 0 fully saturated rings. The Bertz CT molecular complexity index is 401. The van der Waals surface area contributed by atoms with Crippen molar-refractivity contribution in [2.45, 2.75) is 45.6 Å². The number of aliphatic hydroxyl groups is 1. The highest BCUT2D eigenvalue weighted by molar-refractivity contribution is 5.75. The summed E-state index contributed by atoms with van der Waals surface area (Å²) in [6.07, 6.45) is 5.44. The lowest BCUT2D eigenvalue weighted by atomic mass is 10.1. The van der Waals surface area contributed by atoms with Crippen LogP contribution in [0.5, 0.6) is 0 Å². The Labute approximate surface area is 125 Å². The fourth-order valence-electron chi connectivity index (χ4n) is 1.67. The number of hydrogen-bond acceptors (Lipinski definition) is 4. The zero-order valence-corrected chi connectivity index (χ0v) is 12.6. The highest BCUT2D eigenvalue weighted by Crippen LogP contribution is 2.06. The lowest BCUT2D eigenvalue weighted by Crippen LogP contribution is -2.37. The number of carboxylic acids is 2. The minimum Gasteiger partial charge on any atom is -0.481 e. The van der Waals surface area contributed by atoms with E-state index >= 15 is 0 Å². The van der Waals surface area contributed by atoms with E-state index in [1.54, 1.807) is 0 Å². The van der Waals surface area contributed by atoms with Crippen LogP contribution in [0.15, 0.2) is 23.3 Å². The number of aliphatic hydroxyl groups excluding tert-OH is 1. The summed E-state index contributed by atoms with van der Waals surface area (Å²) in [5.41, 5.74) is 2.05. The summed E-state index contributed by atoms with van der Waals surface area (Å²) in [7, 11) is 0. The molecular formula is C15H25NO5. The molecule has 0 aliphatic rings. The van der Waals surface area contributed by atoms with Crippen LogP contribution in [0.4, 0.5) is 0 Å². The van der Waals surface area contributed by atoms with Crippen molar-refractivity contribution in [2.75, 3.05) is 13.2 Å². The van der Waals surface area contributed by atoms with E-state index in [9.17, 15) is 9.59 Å². The molecule has 0 spiro atoms. The first-order valence-electron chi connectivity index (χ1n) is 6.97. The molecule has 0 unspecified atom stereocenters. The smallest absolute Gasteiger partial charge is 0.320 e. The number of rotatable bonds is 11. The normalized spacial score (nSPS) is 14.0. The van der Waals surface area contributed by atoms with Gasteiger partial charge in [-0.15, -0.1) is 0 Å². The van der Waals surface area contributed by atoms with Crippen LogP contribution in [-0.4, -0.2) is 46.5 Å². The summed E-state index contributed by atoms with van der Waals surface area (Å²) < 4.78 is 0. The van der Waals surface area contributed by atoms with Gasteiger partial charge in [0.1, 0.15) is 6.04 Å². The quantitative estimate of drug-likeness (QED) is 0.431. The van der Waals surface area contributed by atoms with Crippen LogP contribution in [0.3, 0.4) is 0 Å². The average molecular weight is 299 g/mol. The van der Waals surface area contributed by atoms with Crippen molar-refractivity contribution < 1.29 is 24.9 Å². The molecule has 6 heteroatoms. The maximum Gasteiger partial charge on any atom is 0.320 e. The Morgan fingerprint density at radius 3 is 2.29 bits per heavy atom. The molecule has 0 radical (unpaired) electrons. The number of carboxylic acid groups (broad SMARTS) is 2. The zero-order chi connectivity index (χ0) is 16.3. The highest BCUT2D eigenvalue weighted by atomic mass is 16.4. The number of allylic oxidation sites excluding steroid dienone is 2. The number of carbonyl (C=O) groups is 2. The first-order chi connectivity index (χ1) is 9.86. The standard InChI is InChI=1S/C15H25NO5/c1-11(4-3-5-12(2)10-17)8-9-16-13(15(20)21)6-7-14(18)19/h5,8,13,16-17H,3-4,6-7,9-10H2,1-2H3,(H,18,19)(H,20,21)/b11-8+,12-5+/t13-/m0/s1. The Hall–Kier alpha value is -1.66. The van der Waals surface area contributed by atoms with Crippen LogP contribution < -0.4 is 5.32 Å². The van der Waals surface area contributed by atoms with E-state index in [1.165, 1.54) is 0 Å². The Morgan fingerprint density at radius 1 is 1.10 bits per heavy atom. The lowest BCUT2D eigenvalue weighted by molar-refractivity contribution is -0.140. The summed E-state index contributed by atoms with van der Waals surface area (Å²) in [6, 6.07) is -0.846. The van der Waals surface area contributed by atoms with Gasteiger partial charge in [0.15, 0.2) is 0 Å². The molecule has 0 saturated carbocycles. The molecule has 0 aromatic heterocycles. The maximum absolute atomic E-state index is 11.0. The molecule has 1 atom stereocenters. The van der Waals surface area contributed by atoms with Crippen molar-refractivity contribution >= 4 is 11.9 Å². The van der Waals surface area contributed by atoms with Crippen molar-refractivity contribution in [3.8, 4) is 0 Å². The number of nitrogens with one attached hydrogen (secondary N) is 1. The molecular weight excluding hydrogens is 274 g/mol. The van der Waals surface area contributed by atoms with Crippen molar-refractivity contribution in [1.82, 2.24) is 5.32 Å². The van der Waals surface area contributed by atoms with Crippen LogP contribution in [0, 0.1) is 0 Å². The molecule has 0 saturated heterocycles. The van der Waals surface area contributed by atoms with Gasteiger partial charge >= 0.3 is 11.9 Å². The second kappa shape index (κ2) is 11.0. The third kappa shape index (κ3) is 10.8. The molecule has 21 heavy (non-hydrogen) atoms. The summed E-state index contributed by atoms with van der Waals surface area (Å²) in [6.45, 7) is 4.27. The van der Waals surface area contributed by atoms with E-state index in [-0.39, 0.29) is 19.4 Å². The van der Waals surface area contributed by atoms with E-state index in [0.717, 1.165) is 24.0 Å². The predicted octanol–water partition coefficient (Wildman–Crippen LogP) is 1.56. The van der Waals surface area contributed by atoms with Gasteiger partial charge in [0, 0.05) is 13.0 Å². The molecule has 0 aromatic rings. The Balaban J connectivity index is 4.13. The van der Waals surface area contributed by atoms with Crippen molar-refractivity contribution in [1.29, 1.82) is 0 Å². The van der Waals surface area contributed by atoms with Gasteiger partial charge in [-0.2, -0.15) is 0 Å². The molecule has 0 aliphatic carbocycles. The molecule has 4 N–H and O–H groups in total. The van der Waals surface area contributed by atoms with Crippen molar-refractivity contribution in [3.05, 3.63) is 23.3 Å². The van der Waals surface area contributed by atoms with Gasteiger partial charge in [0.05, 0.1) is 6.61 Å². The first-order valence-corrected chi connectivity index (χ1v) is 6.97. The molecule has 120 valence electrons. The van der Waals surface area contributed by atoms with Crippen LogP contribution in [-0.2, 0) is 9.59 Å². The number of hydrogen-bond donors (Lipinski definition) is 4. The molecule has 0 bridgehead atoms. The minimum atomic E-state index is -1.04. The van der Waals surface area contributed by atoms with Gasteiger partial charge in [-0.3, -0.25) is 9.59 Å². The van der Waals surface area contributed by atoms with Crippen LogP contribution in [0.2, 0.25) is 0 Å². The fraction of sp³-hybridized carbons (Fsp3) is 0.600. The first kappa shape index (κ1) is 19.3. The molecule has 0 heterocycles. The summed E-state index contributed by atoms with van der Waals surface area (Å²) in [5.74, 6) is -2.04. The molecule has 0 aliphatic heterocycles. The van der Waals surface area contributed by atoms with Gasteiger partial charge in [-0.05, 0) is 33.1 Å². The van der Waals surface area contributed by atoms with Gasteiger partial charge in [0.2, 0.25) is 0 Å². The Morgan fingerprint density at radius 2 is 1.76 bits per heavy atom. The minimum absolute atomic E-state index is 0.0637. The van der Waals surface area contributed by atoms with E-state index in [2.05, 4.69) is 5.32 Å². The topological polar surface area (TPSA) is 107 Å². The maximum atomic E-state index is 11.0. The van der Waals surface area contributed by atoms with Gasteiger partial charge in [0.25, 0.3) is 0 Å². The van der Waals surface area contributed by atoms with Gasteiger partial charge in [-0.1, -0.05) is 23.3 Å². The highest BCUT2D eigenvalue weighted by Gasteiger charge is 2.17. The van der Waals surface area contributed by atoms with E-state index < -0.39 is 18.0 Å². The van der Waals surface area contributed by atoms with Crippen LogP contribution in [0.25, 0.3) is 0 Å². The largest absolute Gasteiger partial charge is 0.481 e. The fourth-order valence-corrected chi connectivity index (χ4v) is 1.67. The molecule has 0 amide bonds. The third-order valence-electron chi connectivity index (χ3n) is 3.04. The summed E-state index contributed by atoms with van der Waals surface area (Å²) >= 11 is 0. The molecule has 0 aromatic carbocycles. The second-order valence-electron chi connectivity index (χ2n) is 5.03. The predicted molar refractivity (Wildman–Crippen MR) is 80.1 cm³/mol. The molecule has 6 nitrogen and oxygen atoms in total. The van der Waals surface area contributed by atoms with E-state index in [4.69, 9.17) is 15.3 Å². The second-order valence-corrected chi connectivity index (χ2v) is 5.03. The lowest BCUT2D eigenvalue weighted by Gasteiger charge is -2.12. The van der Waals surface area contributed by atoms with Crippen LogP contribution in [0.1, 0.15) is 39.5 Å². The van der Waals surface area contributed by atoms with E-state index in [1.807, 2.05) is 26.0 Å². The van der Waals surface area contributed by atoms with Crippen molar-refractivity contribution in [2.24, 2.45) is 0 Å². The van der Waals surface area contributed by atoms with Gasteiger partial charge < -0.3 is 20.6 Å². The van der Waals surface area contributed by atoms with Crippen molar-refractivity contribution in [3.63, 3.8) is 0 Å². The van der Waals surface area contributed by atoms with Gasteiger partial charge in [-0.25, -0.2) is 0 Å². The monoisotopic (exact) mass is 299 g/mol. The number of aliphatic carboxylic acids is 2. The summed E-state index contributed by atoms with van der Waals surface area (Å²) in [5, 5.41) is 29.2. The Kier molecular flexibility index (Phi) is 10.2. The van der Waals surface area contributed by atoms with E-state index in [0.29, 0.717) is 6.54 Å². The van der Waals surface area contributed by atoms with Crippen LogP contribution >= 0.6 is 0 Å². The molecule has 0 rings (SSSR count). The summed E-state index contributed by atoms with van der Waals surface area (Å²) in [4.78, 5) is 21.4.